The summed E-state index contributed by atoms with van der Waals surface area (Å²) >= 11 is 0. The number of anilines is 1. The molecular formula is C23H26N4O2. The number of hydrogen-bond donors (Lipinski definition) is 1. The lowest BCUT2D eigenvalue weighted by molar-refractivity contribution is 0.0741. The van der Waals surface area contributed by atoms with Gasteiger partial charge in [0.1, 0.15) is 11.4 Å². The molecule has 0 aliphatic carbocycles. The van der Waals surface area contributed by atoms with Gasteiger partial charge in [-0.1, -0.05) is 37.3 Å². The van der Waals surface area contributed by atoms with Crippen molar-refractivity contribution < 1.29 is 9.53 Å². The number of methoxy groups -OCH3 is 1. The summed E-state index contributed by atoms with van der Waals surface area (Å²) < 4.78 is 5.31. The number of aromatic nitrogens is 2. The first-order chi connectivity index (χ1) is 14.2. The second-order valence-corrected chi connectivity index (χ2v) is 7.20. The molecule has 0 bridgehead atoms. The van der Waals surface area contributed by atoms with Crippen LogP contribution in [0.3, 0.4) is 0 Å². The van der Waals surface area contributed by atoms with E-state index < -0.39 is 0 Å². The van der Waals surface area contributed by atoms with Crippen molar-refractivity contribution in [3.63, 3.8) is 0 Å². The Bertz CT molecular complexity index is 973. The van der Waals surface area contributed by atoms with E-state index in [1.807, 2.05) is 29.2 Å². The van der Waals surface area contributed by atoms with E-state index in [2.05, 4.69) is 52.4 Å². The molecule has 6 heteroatoms. The number of carbonyl (C=O) groups excluding carboxylic acids is 1. The highest BCUT2D eigenvalue weighted by atomic mass is 16.5. The first-order valence-electron chi connectivity index (χ1n) is 10.0. The van der Waals surface area contributed by atoms with Crippen LogP contribution in [0.1, 0.15) is 23.0 Å². The zero-order chi connectivity index (χ0) is 20.2. The predicted molar refractivity (Wildman–Crippen MR) is 115 cm³/mol. The topological polar surface area (TPSA) is 61.5 Å². The van der Waals surface area contributed by atoms with Crippen LogP contribution in [-0.2, 0) is 6.42 Å². The smallest absolute Gasteiger partial charge is 0.272 e. The van der Waals surface area contributed by atoms with E-state index in [1.54, 1.807) is 7.11 Å². The quantitative estimate of drug-likeness (QED) is 0.723. The third-order valence-corrected chi connectivity index (χ3v) is 5.45. The molecule has 1 amide bonds. The maximum absolute atomic E-state index is 12.9. The SMILES string of the molecule is CCc1ccc(-c2cc(C(=O)N3CCN(c4cccc(OC)c4)CC3)[nH]n2)cc1. The molecule has 0 radical (unpaired) electrons. The van der Waals surface area contributed by atoms with Gasteiger partial charge in [-0.25, -0.2) is 0 Å². The number of amides is 1. The Hall–Kier alpha value is -3.28. The molecule has 29 heavy (non-hydrogen) atoms. The fraction of sp³-hybridized carbons (Fsp3) is 0.304. The summed E-state index contributed by atoms with van der Waals surface area (Å²) in [5.41, 5.74) is 4.76. The number of nitrogens with zero attached hydrogens (tertiary/aromatic N) is 3. The molecule has 0 spiro atoms. The van der Waals surface area contributed by atoms with E-state index in [0.717, 1.165) is 42.2 Å². The molecule has 1 saturated heterocycles. The van der Waals surface area contributed by atoms with Gasteiger partial charge in [0.05, 0.1) is 12.8 Å². The molecule has 2 heterocycles. The number of piperazine rings is 1. The molecule has 4 rings (SSSR count). The second-order valence-electron chi connectivity index (χ2n) is 7.20. The third kappa shape index (κ3) is 4.11. The van der Waals surface area contributed by atoms with Crippen molar-refractivity contribution in [1.82, 2.24) is 15.1 Å². The number of benzene rings is 2. The fourth-order valence-corrected chi connectivity index (χ4v) is 3.64. The Labute approximate surface area is 171 Å². The number of hydrogen-bond acceptors (Lipinski definition) is 4. The van der Waals surface area contributed by atoms with E-state index in [4.69, 9.17) is 4.74 Å². The number of carbonyl (C=O) groups is 1. The summed E-state index contributed by atoms with van der Waals surface area (Å²) in [6, 6.07) is 18.2. The number of aryl methyl sites for hydroxylation is 1. The average Bonchev–Trinajstić information content (AvgIpc) is 3.29. The van der Waals surface area contributed by atoms with Gasteiger partial charge in [-0.15, -0.1) is 0 Å². The van der Waals surface area contributed by atoms with Gasteiger partial charge in [0.2, 0.25) is 0 Å². The highest BCUT2D eigenvalue weighted by Gasteiger charge is 2.24. The molecule has 0 atom stereocenters. The summed E-state index contributed by atoms with van der Waals surface area (Å²) in [6.45, 7) is 5.07. The molecule has 1 fully saturated rings. The number of nitrogens with one attached hydrogen (secondary N) is 1. The average molecular weight is 390 g/mol. The Morgan fingerprint density at radius 1 is 1.07 bits per heavy atom. The summed E-state index contributed by atoms with van der Waals surface area (Å²) in [5, 5.41) is 7.26. The van der Waals surface area contributed by atoms with Crippen molar-refractivity contribution in [2.24, 2.45) is 0 Å². The van der Waals surface area contributed by atoms with Crippen LogP contribution in [0.2, 0.25) is 0 Å². The minimum absolute atomic E-state index is 0.000722. The monoisotopic (exact) mass is 390 g/mol. The molecule has 1 aliphatic heterocycles. The summed E-state index contributed by atoms with van der Waals surface area (Å²) in [6.07, 6.45) is 1.01. The van der Waals surface area contributed by atoms with E-state index in [9.17, 15) is 4.79 Å². The van der Waals surface area contributed by atoms with Crippen LogP contribution < -0.4 is 9.64 Å². The highest BCUT2D eigenvalue weighted by molar-refractivity contribution is 5.93. The summed E-state index contributed by atoms with van der Waals surface area (Å²) in [4.78, 5) is 17.1. The van der Waals surface area contributed by atoms with Crippen LogP contribution in [0.15, 0.2) is 54.6 Å². The van der Waals surface area contributed by atoms with E-state index >= 15 is 0 Å². The maximum Gasteiger partial charge on any atom is 0.272 e. The van der Waals surface area contributed by atoms with Gasteiger partial charge in [0.25, 0.3) is 5.91 Å². The van der Waals surface area contributed by atoms with Crippen LogP contribution in [0.4, 0.5) is 5.69 Å². The van der Waals surface area contributed by atoms with Crippen molar-refractivity contribution >= 4 is 11.6 Å². The number of H-pyrrole nitrogens is 1. The molecule has 0 unspecified atom stereocenters. The zero-order valence-electron chi connectivity index (χ0n) is 16.9. The van der Waals surface area contributed by atoms with E-state index in [0.29, 0.717) is 18.8 Å². The lowest BCUT2D eigenvalue weighted by Gasteiger charge is -2.36. The van der Waals surface area contributed by atoms with Crippen molar-refractivity contribution in [3.8, 4) is 17.0 Å². The molecule has 0 saturated carbocycles. The molecular weight excluding hydrogens is 364 g/mol. The Kier molecular flexibility index (Phi) is 5.51. The third-order valence-electron chi connectivity index (χ3n) is 5.45. The molecule has 1 N–H and O–H groups in total. The molecule has 3 aromatic rings. The van der Waals surface area contributed by atoms with Gasteiger partial charge < -0.3 is 14.5 Å². The summed E-state index contributed by atoms with van der Waals surface area (Å²) in [7, 11) is 1.67. The van der Waals surface area contributed by atoms with Crippen molar-refractivity contribution in [2.75, 3.05) is 38.2 Å². The molecule has 1 aromatic heterocycles. The molecule has 6 nitrogen and oxygen atoms in total. The van der Waals surface area contributed by atoms with Crippen LogP contribution >= 0.6 is 0 Å². The van der Waals surface area contributed by atoms with Gasteiger partial charge in [-0.2, -0.15) is 5.10 Å². The Morgan fingerprint density at radius 2 is 1.83 bits per heavy atom. The lowest BCUT2D eigenvalue weighted by Crippen LogP contribution is -2.48. The van der Waals surface area contributed by atoms with Crippen LogP contribution in [0.25, 0.3) is 11.3 Å². The standard InChI is InChI=1S/C23H26N4O2/c1-3-17-7-9-18(10-8-17)21-16-22(25-24-21)23(28)27-13-11-26(12-14-27)19-5-4-6-20(15-19)29-2/h4-10,15-16H,3,11-14H2,1-2H3,(H,24,25). The number of aromatic amines is 1. The molecule has 1 aliphatic rings. The predicted octanol–water partition coefficient (Wildman–Crippen LogP) is 3.61. The van der Waals surface area contributed by atoms with Gasteiger partial charge in [0, 0.05) is 43.5 Å². The largest absolute Gasteiger partial charge is 0.497 e. The molecule has 2 aromatic carbocycles. The van der Waals surface area contributed by atoms with Crippen LogP contribution in [-0.4, -0.2) is 54.3 Å². The van der Waals surface area contributed by atoms with Crippen LogP contribution in [0, 0.1) is 0 Å². The fourth-order valence-electron chi connectivity index (χ4n) is 3.64. The second kappa shape index (κ2) is 8.39. The minimum atomic E-state index is -0.000722. The Balaban J connectivity index is 1.40. The minimum Gasteiger partial charge on any atom is -0.497 e. The number of ether oxygens (including phenoxy) is 1. The number of rotatable bonds is 5. The van der Waals surface area contributed by atoms with E-state index in [1.165, 1.54) is 5.56 Å². The first-order valence-corrected chi connectivity index (χ1v) is 10.0. The maximum atomic E-state index is 12.9. The summed E-state index contributed by atoms with van der Waals surface area (Å²) in [5.74, 6) is 0.845. The molecule has 150 valence electrons. The Morgan fingerprint density at radius 3 is 2.52 bits per heavy atom. The first kappa shape index (κ1) is 19.1. The van der Waals surface area contributed by atoms with Gasteiger partial charge in [-0.3, -0.25) is 9.89 Å². The van der Waals surface area contributed by atoms with Gasteiger partial charge >= 0.3 is 0 Å². The highest BCUT2D eigenvalue weighted by Crippen LogP contribution is 2.23. The zero-order valence-corrected chi connectivity index (χ0v) is 16.9. The van der Waals surface area contributed by atoms with Crippen LogP contribution in [0.5, 0.6) is 5.75 Å². The van der Waals surface area contributed by atoms with E-state index in [-0.39, 0.29) is 5.91 Å². The van der Waals surface area contributed by atoms with Crippen molar-refractivity contribution in [1.29, 1.82) is 0 Å². The van der Waals surface area contributed by atoms with Crippen molar-refractivity contribution in [3.05, 3.63) is 65.9 Å². The lowest BCUT2D eigenvalue weighted by atomic mass is 10.1. The van der Waals surface area contributed by atoms with Gasteiger partial charge in [0.15, 0.2) is 0 Å². The van der Waals surface area contributed by atoms with Crippen molar-refractivity contribution in [2.45, 2.75) is 13.3 Å². The normalized spacial score (nSPS) is 14.1. The van der Waals surface area contributed by atoms with Gasteiger partial charge in [-0.05, 0) is 30.2 Å².